The van der Waals surface area contributed by atoms with Gasteiger partial charge in [0.25, 0.3) is 5.91 Å². The molecule has 1 saturated heterocycles. The lowest BCUT2D eigenvalue weighted by molar-refractivity contribution is -0.187. The van der Waals surface area contributed by atoms with Crippen molar-refractivity contribution in [1.82, 2.24) is 9.80 Å². The molecule has 14 nitrogen and oxygen atoms in total. The molecule has 2 aromatic rings. The van der Waals surface area contributed by atoms with Gasteiger partial charge in [-0.2, -0.15) is 13.2 Å². The standard InChI is InChI=1S/C38H49F4N3O11/c1-27(38(40,41)42)44(25-29-2-5-31(39)6-3-29)34(47)26-45-35(48)37(56-36(45)49)11-8-30-24-28(4-7-32(30)37)9-12-50-14-16-52-18-20-54-22-23-55-21-19-53-17-15-51-13-10-33(43)46/h2-7,24,27H,8-23,25-26H2,1H3,(H2,43,46)/t27-,37+/m0/s1. The number of aryl methyl sites for hydroxylation is 1. The quantitative estimate of drug-likeness (QED) is 0.110. The first-order valence-corrected chi connectivity index (χ1v) is 18.3. The summed E-state index contributed by atoms with van der Waals surface area (Å²) in [7, 11) is 0. The van der Waals surface area contributed by atoms with Crippen LogP contribution in [0.2, 0.25) is 0 Å². The lowest BCUT2D eigenvalue weighted by Crippen LogP contribution is -2.51. The van der Waals surface area contributed by atoms with Crippen molar-refractivity contribution in [3.63, 3.8) is 0 Å². The zero-order valence-electron chi connectivity index (χ0n) is 31.3. The first-order chi connectivity index (χ1) is 26.8. The van der Waals surface area contributed by atoms with Gasteiger partial charge < -0.3 is 43.8 Å². The molecule has 4 amide bonds. The van der Waals surface area contributed by atoms with Gasteiger partial charge in [0.2, 0.25) is 17.4 Å². The molecule has 0 unspecified atom stereocenters. The van der Waals surface area contributed by atoms with Gasteiger partial charge in [-0.1, -0.05) is 30.3 Å². The van der Waals surface area contributed by atoms with Crippen molar-refractivity contribution >= 4 is 23.8 Å². The molecule has 0 saturated carbocycles. The first kappa shape index (κ1) is 44.5. The third-order valence-corrected chi connectivity index (χ3v) is 9.13. The maximum atomic E-state index is 13.7. The molecule has 2 N–H and O–H groups in total. The van der Waals surface area contributed by atoms with Crippen molar-refractivity contribution < 1.29 is 69.9 Å². The average Bonchev–Trinajstić information content (AvgIpc) is 3.63. The number of nitrogens with zero attached hydrogens (tertiary/aromatic N) is 2. The fraction of sp³-hybridized carbons (Fsp3) is 0.579. The molecule has 1 fully saturated rings. The van der Waals surface area contributed by atoms with E-state index >= 15 is 0 Å². The fourth-order valence-electron chi connectivity index (χ4n) is 6.06. The highest BCUT2D eigenvalue weighted by molar-refractivity contribution is 6.06. The minimum atomic E-state index is -4.80. The van der Waals surface area contributed by atoms with E-state index in [1.807, 2.05) is 6.07 Å². The zero-order chi connectivity index (χ0) is 40.6. The highest BCUT2D eigenvalue weighted by Gasteiger charge is 2.58. The van der Waals surface area contributed by atoms with Gasteiger partial charge in [0.15, 0.2) is 0 Å². The number of nitrogens with two attached hydrogens (primary N) is 1. The van der Waals surface area contributed by atoms with Crippen LogP contribution >= 0.6 is 0 Å². The Bertz CT molecular complexity index is 1600. The van der Waals surface area contributed by atoms with E-state index in [1.54, 1.807) is 12.1 Å². The average molecular weight is 800 g/mol. The summed E-state index contributed by atoms with van der Waals surface area (Å²) in [5.41, 5.74) is 5.76. The van der Waals surface area contributed by atoms with Crippen LogP contribution in [0.3, 0.4) is 0 Å². The molecule has 0 radical (unpaired) electrons. The van der Waals surface area contributed by atoms with E-state index in [9.17, 15) is 36.7 Å². The maximum Gasteiger partial charge on any atom is 0.418 e. The number of carbonyl (C=O) groups is 4. The normalized spacial score (nSPS) is 17.1. The van der Waals surface area contributed by atoms with Gasteiger partial charge in [0.1, 0.15) is 18.4 Å². The number of fused-ring (bicyclic) bond motifs is 2. The van der Waals surface area contributed by atoms with Crippen molar-refractivity contribution in [2.24, 2.45) is 5.73 Å². The summed E-state index contributed by atoms with van der Waals surface area (Å²) in [5.74, 6) is -2.93. The maximum absolute atomic E-state index is 13.7. The molecule has 1 aliphatic heterocycles. The van der Waals surface area contributed by atoms with Gasteiger partial charge in [-0.05, 0) is 48.6 Å². The van der Waals surface area contributed by atoms with Crippen molar-refractivity contribution in [2.75, 3.05) is 85.8 Å². The van der Waals surface area contributed by atoms with Gasteiger partial charge in [0.05, 0.1) is 79.3 Å². The number of benzene rings is 2. The second-order valence-electron chi connectivity index (χ2n) is 13.1. The zero-order valence-corrected chi connectivity index (χ0v) is 31.3. The molecule has 2 aromatic carbocycles. The monoisotopic (exact) mass is 799 g/mol. The minimum Gasteiger partial charge on any atom is -0.427 e. The summed E-state index contributed by atoms with van der Waals surface area (Å²) in [5, 5.41) is 0. The Morgan fingerprint density at radius 2 is 1.34 bits per heavy atom. The molecule has 56 heavy (non-hydrogen) atoms. The van der Waals surface area contributed by atoms with Gasteiger partial charge in [-0.15, -0.1) is 0 Å². The summed E-state index contributed by atoms with van der Waals surface area (Å²) >= 11 is 0. The Hall–Kier alpha value is -4.20. The molecule has 0 aromatic heterocycles. The molecule has 1 spiro atoms. The Labute approximate surface area is 322 Å². The number of carbonyl (C=O) groups excluding carboxylic acids is 4. The van der Waals surface area contributed by atoms with Gasteiger partial charge >= 0.3 is 12.3 Å². The highest BCUT2D eigenvalue weighted by Crippen LogP contribution is 2.45. The lowest BCUT2D eigenvalue weighted by Gasteiger charge is -2.31. The molecule has 1 aliphatic carbocycles. The number of amides is 4. The number of alkyl halides is 3. The first-order valence-electron chi connectivity index (χ1n) is 18.3. The topological polar surface area (TPSA) is 165 Å². The molecule has 2 aliphatic rings. The van der Waals surface area contributed by atoms with E-state index < -0.39 is 60.5 Å². The second kappa shape index (κ2) is 21.9. The van der Waals surface area contributed by atoms with Crippen LogP contribution in [0.25, 0.3) is 0 Å². The predicted molar refractivity (Wildman–Crippen MR) is 190 cm³/mol. The largest absolute Gasteiger partial charge is 0.427 e. The van der Waals surface area contributed by atoms with Crippen LogP contribution in [0, 0.1) is 5.82 Å². The van der Waals surface area contributed by atoms with E-state index in [-0.39, 0.29) is 25.0 Å². The lowest BCUT2D eigenvalue weighted by atomic mass is 9.93. The summed E-state index contributed by atoms with van der Waals surface area (Å²) < 4.78 is 92.8. The predicted octanol–water partition coefficient (Wildman–Crippen LogP) is 3.44. The van der Waals surface area contributed by atoms with Crippen LogP contribution in [0.4, 0.5) is 22.4 Å². The molecule has 4 rings (SSSR count). The van der Waals surface area contributed by atoms with Crippen LogP contribution in [0.5, 0.6) is 0 Å². The highest BCUT2D eigenvalue weighted by atomic mass is 19.4. The van der Waals surface area contributed by atoms with E-state index in [1.165, 1.54) is 12.1 Å². The molecular weight excluding hydrogens is 750 g/mol. The van der Waals surface area contributed by atoms with Gasteiger partial charge in [-0.3, -0.25) is 14.4 Å². The van der Waals surface area contributed by atoms with Crippen LogP contribution in [-0.4, -0.2) is 132 Å². The van der Waals surface area contributed by atoms with Crippen LogP contribution in [0.15, 0.2) is 42.5 Å². The van der Waals surface area contributed by atoms with E-state index in [4.69, 9.17) is 38.9 Å². The van der Waals surface area contributed by atoms with Gasteiger partial charge in [0, 0.05) is 24.9 Å². The second-order valence-corrected chi connectivity index (χ2v) is 13.1. The molecular formula is C38H49F4N3O11. The molecule has 18 heteroatoms. The van der Waals surface area contributed by atoms with Crippen molar-refractivity contribution in [3.05, 3.63) is 70.5 Å². The number of rotatable bonds is 26. The van der Waals surface area contributed by atoms with Crippen molar-refractivity contribution in [3.8, 4) is 0 Å². The van der Waals surface area contributed by atoms with Crippen molar-refractivity contribution in [2.45, 2.75) is 57.0 Å². The number of imide groups is 1. The molecule has 2 atom stereocenters. The smallest absolute Gasteiger partial charge is 0.418 e. The van der Waals surface area contributed by atoms with E-state index in [0.29, 0.717) is 101 Å². The Kier molecular flexibility index (Phi) is 17.4. The Balaban J connectivity index is 1.12. The Morgan fingerprint density at radius 1 is 0.821 bits per heavy atom. The van der Waals surface area contributed by atoms with E-state index in [0.717, 1.165) is 30.2 Å². The number of hydrogen-bond acceptors (Lipinski definition) is 11. The summed E-state index contributed by atoms with van der Waals surface area (Å²) in [6.45, 7) is 4.00. The summed E-state index contributed by atoms with van der Waals surface area (Å²) in [4.78, 5) is 51.5. The number of primary amides is 1. The summed E-state index contributed by atoms with van der Waals surface area (Å²) in [6, 6.07) is 7.76. The summed E-state index contributed by atoms with van der Waals surface area (Å²) in [6.07, 6.45) is -4.64. The third-order valence-electron chi connectivity index (χ3n) is 9.13. The fourth-order valence-corrected chi connectivity index (χ4v) is 6.06. The Morgan fingerprint density at radius 3 is 1.88 bits per heavy atom. The van der Waals surface area contributed by atoms with Gasteiger partial charge in [-0.25, -0.2) is 14.1 Å². The molecule has 0 bridgehead atoms. The SMILES string of the molecule is C[C@H](N(Cc1ccc(F)cc1)C(=O)CN1C(=O)O[C@@]2(CCc3cc(CCOCCOCCOCCOCCOCCOCCC(N)=O)ccc32)C1=O)C(F)(F)F. The molecule has 310 valence electrons. The van der Waals surface area contributed by atoms with Crippen LogP contribution in [-0.2, 0) is 72.5 Å². The van der Waals surface area contributed by atoms with Crippen LogP contribution < -0.4 is 5.73 Å². The minimum absolute atomic E-state index is 0.123. The number of halogens is 4. The van der Waals surface area contributed by atoms with E-state index in [2.05, 4.69) is 0 Å². The molecule has 1 heterocycles. The third kappa shape index (κ3) is 13.2. The van der Waals surface area contributed by atoms with Crippen LogP contribution in [0.1, 0.15) is 42.0 Å². The van der Waals surface area contributed by atoms with Crippen molar-refractivity contribution in [1.29, 1.82) is 0 Å². The number of hydrogen-bond donors (Lipinski definition) is 1. The number of ether oxygens (including phenoxy) is 7.